The number of hydrogen-bond donors (Lipinski definition) is 2. The van der Waals surface area contributed by atoms with E-state index in [1.165, 1.54) is 31.2 Å². The van der Waals surface area contributed by atoms with Crippen LogP contribution in [-0.2, 0) is 21.2 Å². The number of carbonyl (C=O) groups is 2. The molecule has 0 radical (unpaired) electrons. The fraction of sp³-hybridized carbons (Fsp3) is 0.130. The number of sulfonamides is 1. The molecule has 2 N–H and O–H groups in total. The third-order valence-electron chi connectivity index (χ3n) is 4.76. The lowest BCUT2D eigenvalue weighted by atomic mass is 10.1. The van der Waals surface area contributed by atoms with Crippen molar-refractivity contribution in [3.63, 3.8) is 0 Å². The molecule has 174 valence electrons. The first-order valence-electron chi connectivity index (χ1n) is 10.2. The van der Waals surface area contributed by atoms with Crippen LogP contribution in [0.15, 0.2) is 65.6 Å². The van der Waals surface area contributed by atoms with Crippen molar-refractivity contribution >= 4 is 54.8 Å². The van der Waals surface area contributed by atoms with Crippen LogP contribution in [0.5, 0.6) is 5.75 Å². The Morgan fingerprint density at radius 2 is 1.68 bits per heavy atom. The van der Waals surface area contributed by atoms with E-state index in [2.05, 4.69) is 20.2 Å². The van der Waals surface area contributed by atoms with E-state index in [1.807, 2.05) is 31.2 Å². The molecule has 3 aromatic carbocycles. The fourth-order valence-electron chi connectivity index (χ4n) is 3.16. The van der Waals surface area contributed by atoms with Crippen LogP contribution in [0.2, 0.25) is 0 Å². The van der Waals surface area contributed by atoms with Crippen molar-refractivity contribution in [1.29, 1.82) is 0 Å². The van der Waals surface area contributed by atoms with Crippen LogP contribution < -0.4 is 14.8 Å². The molecule has 0 bridgehead atoms. The molecule has 0 saturated heterocycles. The van der Waals surface area contributed by atoms with Crippen molar-refractivity contribution in [3.8, 4) is 5.75 Å². The van der Waals surface area contributed by atoms with E-state index in [1.54, 1.807) is 12.1 Å². The molecule has 0 spiro atoms. The van der Waals surface area contributed by atoms with Crippen molar-refractivity contribution in [2.24, 2.45) is 0 Å². The van der Waals surface area contributed by atoms with Gasteiger partial charge < -0.3 is 10.1 Å². The number of benzene rings is 3. The molecule has 11 heteroatoms. The minimum atomic E-state index is -3.86. The van der Waals surface area contributed by atoms with Crippen molar-refractivity contribution < 1.29 is 22.7 Å². The molecular weight excluding hydrogens is 476 g/mol. The summed E-state index contributed by atoms with van der Waals surface area (Å²) in [5, 5.41) is 13.0. The molecule has 0 aliphatic heterocycles. The minimum absolute atomic E-state index is 0.00468. The Bertz CT molecular complexity index is 1480. The average molecular weight is 497 g/mol. The number of nitrogens with one attached hydrogen (secondary N) is 2. The summed E-state index contributed by atoms with van der Waals surface area (Å²) in [6.07, 6.45) is 0.657. The van der Waals surface area contributed by atoms with E-state index in [0.717, 1.165) is 27.1 Å². The summed E-state index contributed by atoms with van der Waals surface area (Å²) < 4.78 is 32.9. The van der Waals surface area contributed by atoms with Gasteiger partial charge in [-0.25, -0.2) is 8.42 Å². The predicted molar refractivity (Wildman–Crippen MR) is 130 cm³/mol. The van der Waals surface area contributed by atoms with Crippen LogP contribution in [0.3, 0.4) is 0 Å². The van der Waals surface area contributed by atoms with Gasteiger partial charge in [0.2, 0.25) is 5.13 Å². The van der Waals surface area contributed by atoms with Crippen LogP contribution >= 0.6 is 11.3 Å². The molecule has 0 atom stereocenters. The highest BCUT2D eigenvalue weighted by molar-refractivity contribution is 7.93. The summed E-state index contributed by atoms with van der Waals surface area (Å²) >= 11 is 1.16. The average Bonchev–Trinajstić information content (AvgIpc) is 3.25. The quantitative estimate of drug-likeness (QED) is 0.289. The van der Waals surface area contributed by atoms with Crippen molar-refractivity contribution in [3.05, 3.63) is 71.2 Å². The molecule has 0 fully saturated rings. The van der Waals surface area contributed by atoms with Gasteiger partial charge in [0, 0.05) is 12.6 Å². The summed E-state index contributed by atoms with van der Waals surface area (Å²) in [6.45, 7) is 3.16. The number of esters is 1. The molecule has 4 aromatic rings. The van der Waals surface area contributed by atoms with Crippen LogP contribution in [0.4, 0.5) is 10.8 Å². The molecule has 9 nitrogen and oxygen atoms in total. The number of aryl methyl sites for hydroxylation is 1. The Hall–Kier alpha value is -3.83. The molecule has 0 aliphatic carbocycles. The largest absolute Gasteiger partial charge is 0.426 e. The summed E-state index contributed by atoms with van der Waals surface area (Å²) in [5.41, 5.74) is 0.547. The molecule has 0 saturated carbocycles. The Morgan fingerprint density at radius 1 is 1.00 bits per heavy atom. The fourth-order valence-corrected chi connectivity index (χ4v) is 5.07. The van der Waals surface area contributed by atoms with Gasteiger partial charge in [0.15, 0.2) is 0 Å². The number of rotatable bonds is 7. The van der Waals surface area contributed by atoms with Gasteiger partial charge in [-0.05, 0) is 53.6 Å². The van der Waals surface area contributed by atoms with E-state index in [9.17, 15) is 18.0 Å². The number of fused-ring (bicyclic) bond motifs is 1. The lowest BCUT2D eigenvalue weighted by Gasteiger charge is -2.12. The van der Waals surface area contributed by atoms with Crippen LogP contribution in [0, 0.1) is 0 Å². The van der Waals surface area contributed by atoms with Crippen molar-refractivity contribution in [2.75, 3.05) is 10.0 Å². The van der Waals surface area contributed by atoms with Crippen molar-refractivity contribution in [1.82, 2.24) is 10.2 Å². The maximum atomic E-state index is 13.0. The molecule has 4 rings (SSSR count). The minimum Gasteiger partial charge on any atom is -0.426 e. The number of aromatic nitrogens is 2. The van der Waals surface area contributed by atoms with Crippen molar-refractivity contribution in [2.45, 2.75) is 25.2 Å². The second-order valence-electron chi connectivity index (χ2n) is 7.23. The molecule has 1 heterocycles. The number of hydrogen-bond acceptors (Lipinski definition) is 8. The number of nitrogens with zero attached hydrogens (tertiary/aromatic N) is 2. The normalized spacial score (nSPS) is 11.2. The highest BCUT2D eigenvalue weighted by atomic mass is 32.2. The van der Waals surface area contributed by atoms with E-state index in [0.29, 0.717) is 12.1 Å². The summed E-state index contributed by atoms with van der Waals surface area (Å²) in [7, 11) is -3.86. The number of amides is 1. The number of anilines is 2. The SMILES string of the molecule is CCc1nnc(NS(=O)(=O)c2ccc(NC(=O)c3cc4ccccc4cc3OC(C)=O)cc2)s1. The molecule has 34 heavy (non-hydrogen) atoms. The standard InChI is InChI=1S/C23H20N4O5S2/c1-3-21-25-26-23(33-21)27-34(30,31)18-10-8-17(9-11-18)24-22(29)19-12-15-6-4-5-7-16(15)13-20(19)32-14(2)28/h4-13H,3H2,1-2H3,(H,24,29)(H,26,27). The van der Waals surface area contributed by atoms with E-state index >= 15 is 0 Å². The molecular formula is C23H20N4O5S2. The molecule has 1 amide bonds. The van der Waals surface area contributed by atoms with Gasteiger partial charge in [-0.3, -0.25) is 14.3 Å². The maximum absolute atomic E-state index is 13.0. The van der Waals surface area contributed by atoms with E-state index < -0.39 is 21.9 Å². The third kappa shape index (κ3) is 5.21. The second-order valence-corrected chi connectivity index (χ2v) is 9.97. The first-order valence-corrected chi connectivity index (χ1v) is 12.5. The van der Waals surface area contributed by atoms with Gasteiger partial charge in [-0.1, -0.05) is 42.5 Å². The predicted octanol–water partition coefficient (Wildman–Crippen LogP) is 4.23. The zero-order valence-corrected chi connectivity index (χ0v) is 19.9. The zero-order valence-electron chi connectivity index (χ0n) is 18.2. The Balaban J connectivity index is 1.55. The Labute approximate surface area is 199 Å². The Kier molecular flexibility index (Phi) is 6.57. The van der Waals surface area contributed by atoms with Crippen LogP contribution in [0.1, 0.15) is 29.2 Å². The first-order chi connectivity index (χ1) is 16.2. The molecule has 1 aromatic heterocycles. The van der Waals surface area contributed by atoms with Gasteiger partial charge in [0.05, 0.1) is 10.5 Å². The topological polar surface area (TPSA) is 127 Å². The maximum Gasteiger partial charge on any atom is 0.308 e. The monoisotopic (exact) mass is 496 g/mol. The Morgan fingerprint density at radius 3 is 2.29 bits per heavy atom. The second kappa shape index (κ2) is 9.57. The van der Waals surface area contributed by atoms with Gasteiger partial charge in [0.25, 0.3) is 15.9 Å². The van der Waals surface area contributed by atoms with E-state index in [4.69, 9.17) is 4.74 Å². The smallest absolute Gasteiger partial charge is 0.308 e. The molecule has 0 unspecified atom stereocenters. The van der Waals surface area contributed by atoms with E-state index in [-0.39, 0.29) is 21.3 Å². The lowest BCUT2D eigenvalue weighted by molar-refractivity contribution is -0.131. The summed E-state index contributed by atoms with van der Waals surface area (Å²) in [6, 6.07) is 16.3. The van der Waals surface area contributed by atoms with Gasteiger partial charge in [0.1, 0.15) is 10.8 Å². The first kappa shape index (κ1) is 23.3. The summed E-state index contributed by atoms with van der Waals surface area (Å²) in [5.74, 6) is -0.917. The third-order valence-corrected chi connectivity index (χ3v) is 7.23. The zero-order chi connectivity index (χ0) is 24.3. The molecule has 0 aliphatic rings. The highest BCUT2D eigenvalue weighted by Gasteiger charge is 2.19. The highest BCUT2D eigenvalue weighted by Crippen LogP contribution is 2.28. The number of carbonyl (C=O) groups excluding carboxylic acids is 2. The van der Waals surface area contributed by atoms with Gasteiger partial charge >= 0.3 is 5.97 Å². The lowest BCUT2D eigenvalue weighted by Crippen LogP contribution is -2.16. The van der Waals surface area contributed by atoms with Gasteiger partial charge in [-0.15, -0.1) is 10.2 Å². The van der Waals surface area contributed by atoms with Crippen LogP contribution in [0.25, 0.3) is 10.8 Å². The van der Waals surface area contributed by atoms with Gasteiger partial charge in [-0.2, -0.15) is 0 Å². The number of ether oxygens (including phenoxy) is 1. The summed E-state index contributed by atoms with van der Waals surface area (Å²) in [4.78, 5) is 24.5. The van der Waals surface area contributed by atoms with Crippen LogP contribution in [-0.4, -0.2) is 30.5 Å².